The lowest BCUT2D eigenvalue weighted by molar-refractivity contribution is -0.110. The van der Waals surface area contributed by atoms with Gasteiger partial charge in [-0.3, -0.25) is 10.1 Å². The zero-order chi connectivity index (χ0) is 25.9. The van der Waals surface area contributed by atoms with Crippen molar-refractivity contribution in [3.8, 4) is 0 Å². The molecule has 0 aliphatic heterocycles. The number of amides is 1. The fourth-order valence-corrected chi connectivity index (χ4v) is 5.43. The topological polar surface area (TPSA) is 112 Å². The molecule has 36 heavy (non-hydrogen) atoms. The second-order valence-corrected chi connectivity index (χ2v) is 10.9. The van der Waals surface area contributed by atoms with Gasteiger partial charge in [-0.05, 0) is 31.9 Å². The van der Waals surface area contributed by atoms with Crippen LogP contribution in [0.25, 0.3) is 0 Å². The first kappa shape index (κ1) is 28.4. The third-order valence-corrected chi connectivity index (χ3v) is 7.84. The second-order valence-electron chi connectivity index (χ2n) is 8.19. The molecule has 3 atom stereocenters. The molecule has 1 N–H and O–H groups in total. The van der Waals surface area contributed by atoms with Crippen LogP contribution >= 0.6 is 11.3 Å². The molecule has 1 fully saturated rings. The summed E-state index contributed by atoms with van der Waals surface area (Å²) in [5.41, 5.74) is 0.657. The number of aromatic nitrogens is 1. The minimum atomic E-state index is -1.36. The maximum Gasteiger partial charge on any atom is 0.280 e. The van der Waals surface area contributed by atoms with Gasteiger partial charge in [0.25, 0.3) is 5.91 Å². The van der Waals surface area contributed by atoms with Gasteiger partial charge in [-0.25, -0.2) is 13.5 Å². The van der Waals surface area contributed by atoms with Gasteiger partial charge in [-0.2, -0.15) is 0 Å². The number of rotatable bonds is 14. The van der Waals surface area contributed by atoms with Crippen molar-refractivity contribution in [1.29, 1.82) is 0 Å². The van der Waals surface area contributed by atoms with E-state index in [0.717, 1.165) is 24.1 Å². The molecular formula is C24H34N4O6S2. The Morgan fingerprint density at radius 3 is 2.67 bits per heavy atom. The Kier molecular flexibility index (Phi) is 11.4. The monoisotopic (exact) mass is 538 g/mol. The van der Waals surface area contributed by atoms with Crippen LogP contribution in [0.4, 0.5) is 5.13 Å². The Balaban J connectivity index is 1.77. The number of hydrogen-bond donors (Lipinski definition) is 1. The van der Waals surface area contributed by atoms with Gasteiger partial charge in [0.15, 0.2) is 10.8 Å². The SMILES string of the molecule is CCO[C@@H]1CC[C@@H](O/N=C(/C(=O)Nc2ncc(COC)s2)c2ccc(S(=O)N(C)CCOC)cc2)C1. The standard InChI is InChI=1S/C24H34N4O6S2/c1-5-33-18-8-9-19(14-18)34-27-22(23(29)26-24-25-15-20(35-24)16-32-4)17-6-10-21(11-7-17)36(30)28(2)12-13-31-3/h6-7,10-11,15,18-19H,5,8-9,12-14,16H2,1-4H3,(H,25,26,29)/b27-22+/t18-,19-,36?/m1/s1. The summed E-state index contributed by atoms with van der Waals surface area (Å²) in [6, 6.07) is 6.88. The largest absolute Gasteiger partial charge is 0.392 e. The van der Waals surface area contributed by atoms with E-state index in [2.05, 4.69) is 15.5 Å². The average molecular weight is 539 g/mol. The first-order chi connectivity index (χ1) is 17.4. The number of thiazole rings is 1. The molecule has 3 rings (SSSR count). The van der Waals surface area contributed by atoms with Crippen molar-refractivity contribution in [2.75, 3.05) is 46.3 Å². The maximum absolute atomic E-state index is 13.2. The summed E-state index contributed by atoms with van der Waals surface area (Å²) in [6.07, 6.45) is 4.11. The average Bonchev–Trinajstić information content (AvgIpc) is 3.52. The van der Waals surface area contributed by atoms with Gasteiger partial charge >= 0.3 is 0 Å². The fourth-order valence-electron chi connectivity index (χ4n) is 3.68. The molecule has 1 heterocycles. The highest BCUT2D eigenvalue weighted by Crippen LogP contribution is 2.25. The molecule has 1 aliphatic carbocycles. The first-order valence-electron chi connectivity index (χ1n) is 11.8. The van der Waals surface area contributed by atoms with Gasteiger partial charge in [-0.1, -0.05) is 28.6 Å². The highest BCUT2D eigenvalue weighted by Gasteiger charge is 2.27. The third kappa shape index (κ3) is 8.15. The molecule has 2 aromatic rings. The van der Waals surface area contributed by atoms with Crippen LogP contribution in [0.5, 0.6) is 0 Å². The molecule has 12 heteroatoms. The Labute approximate surface area is 218 Å². The molecule has 0 spiro atoms. The zero-order valence-corrected chi connectivity index (χ0v) is 22.7. The van der Waals surface area contributed by atoms with E-state index in [-0.39, 0.29) is 17.9 Å². The lowest BCUT2D eigenvalue weighted by Crippen LogP contribution is -2.26. The van der Waals surface area contributed by atoms with Crippen LogP contribution in [0.2, 0.25) is 0 Å². The second kappa shape index (κ2) is 14.5. The Morgan fingerprint density at radius 2 is 1.97 bits per heavy atom. The lowest BCUT2D eigenvalue weighted by Gasteiger charge is -2.15. The summed E-state index contributed by atoms with van der Waals surface area (Å²) in [7, 11) is 3.61. The highest BCUT2D eigenvalue weighted by atomic mass is 32.2. The van der Waals surface area contributed by atoms with Crippen molar-refractivity contribution in [3.63, 3.8) is 0 Å². The number of benzene rings is 1. The van der Waals surface area contributed by atoms with Gasteiger partial charge in [0.2, 0.25) is 0 Å². The Bertz CT molecular complexity index is 1030. The Hall–Kier alpha value is -2.22. The van der Waals surface area contributed by atoms with Crippen molar-refractivity contribution in [2.45, 2.75) is 49.9 Å². The number of carbonyl (C=O) groups is 1. The van der Waals surface area contributed by atoms with E-state index >= 15 is 0 Å². The summed E-state index contributed by atoms with van der Waals surface area (Å²) in [4.78, 5) is 24.7. The van der Waals surface area contributed by atoms with E-state index in [1.165, 1.54) is 11.3 Å². The number of nitrogens with zero attached hydrogens (tertiary/aromatic N) is 3. The molecule has 1 amide bonds. The van der Waals surface area contributed by atoms with E-state index in [1.54, 1.807) is 56.0 Å². The number of hydrogen-bond acceptors (Lipinski definition) is 9. The van der Waals surface area contributed by atoms with Crippen LogP contribution in [0.1, 0.15) is 36.6 Å². The normalized spacial score (nSPS) is 19.0. The quantitative estimate of drug-likeness (QED) is 0.290. The number of likely N-dealkylation sites (N-methyl/N-ethyl adjacent to an activating group) is 1. The van der Waals surface area contributed by atoms with Crippen molar-refractivity contribution in [1.82, 2.24) is 9.29 Å². The van der Waals surface area contributed by atoms with Crippen LogP contribution < -0.4 is 5.32 Å². The smallest absolute Gasteiger partial charge is 0.280 e. The van der Waals surface area contributed by atoms with Gasteiger partial charge < -0.3 is 19.0 Å². The van der Waals surface area contributed by atoms with Gasteiger partial charge in [0.05, 0.1) is 29.1 Å². The summed E-state index contributed by atoms with van der Waals surface area (Å²) in [5, 5.41) is 7.50. The molecule has 198 valence electrons. The van der Waals surface area contributed by atoms with E-state index in [0.29, 0.717) is 42.0 Å². The lowest BCUT2D eigenvalue weighted by atomic mass is 10.1. The predicted molar refractivity (Wildman–Crippen MR) is 139 cm³/mol. The van der Waals surface area contributed by atoms with Gasteiger partial charge in [0, 0.05) is 52.6 Å². The molecule has 0 saturated heterocycles. The molecule has 1 aromatic heterocycles. The molecular weight excluding hydrogens is 504 g/mol. The first-order valence-corrected chi connectivity index (χ1v) is 13.7. The fraction of sp³-hybridized carbons (Fsp3) is 0.542. The number of ether oxygens (including phenoxy) is 3. The van der Waals surface area contributed by atoms with E-state index in [4.69, 9.17) is 19.0 Å². The van der Waals surface area contributed by atoms with Crippen LogP contribution in [0.15, 0.2) is 40.5 Å². The molecule has 1 aliphatic rings. The van der Waals surface area contributed by atoms with E-state index in [9.17, 15) is 9.00 Å². The molecule has 1 saturated carbocycles. The van der Waals surface area contributed by atoms with Crippen molar-refractivity contribution in [2.24, 2.45) is 5.16 Å². The molecule has 1 aromatic carbocycles. The van der Waals surface area contributed by atoms with Gasteiger partial charge in [0.1, 0.15) is 17.1 Å². The van der Waals surface area contributed by atoms with Crippen LogP contribution in [0.3, 0.4) is 0 Å². The zero-order valence-electron chi connectivity index (χ0n) is 21.1. The Morgan fingerprint density at radius 1 is 1.22 bits per heavy atom. The number of methoxy groups -OCH3 is 2. The number of anilines is 1. The number of carbonyl (C=O) groups excluding carboxylic acids is 1. The van der Waals surface area contributed by atoms with Crippen molar-refractivity contribution < 1.29 is 28.1 Å². The minimum absolute atomic E-state index is 0.114. The number of oxime groups is 1. The third-order valence-electron chi connectivity index (χ3n) is 5.53. The molecule has 1 unspecified atom stereocenters. The summed E-state index contributed by atoms with van der Waals surface area (Å²) < 4.78 is 30.3. The van der Waals surface area contributed by atoms with Crippen molar-refractivity contribution in [3.05, 3.63) is 40.9 Å². The maximum atomic E-state index is 13.2. The van der Waals surface area contributed by atoms with Crippen LogP contribution in [0, 0.1) is 0 Å². The van der Waals surface area contributed by atoms with Crippen LogP contribution in [-0.4, -0.2) is 78.4 Å². The molecule has 0 bridgehead atoms. The summed E-state index contributed by atoms with van der Waals surface area (Å²) >= 11 is 1.33. The summed E-state index contributed by atoms with van der Waals surface area (Å²) in [6.45, 7) is 4.04. The van der Waals surface area contributed by atoms with E-state index < -0.39 is 16.9 Å². The summed E-state index contributed by atoms with van der Waals surface area (Å²) in [5.74, 6) is -0.446. The predicted octanol–water partition coefficient (Wildman–Crippen LogP) is 3.21. The highest BCUT2D eigenvalue weighted by molar-refractivity contribution is 7.82. The van der Waals surface area contributed by atoms with E-state index in [1.807, 2.05) is 6.92 Å². The van der Waals surface area contributed by atoms with Crippen LogP contribution in [-0.2, 0) is 41.4 Å². The molecule has 0 radical (unpaired) electrons. The van der Waals surface area contributed by atoms with Gasteiger partial charge in [-0.15, -0.1) is 0 Å². The molecule has 10 nitrogen and oxygen atoms in total. The van der Waals surface area contributed by atoms with Crippen molar-refractivity contribution >= 4 is 39.1 Å². The number of nitrogens with one attached hydrogen (secondary N) is 1. The minimum Gasteiger partial charge on any atom is -0.392 e.